The second-order valence-electron chi connectivity index (χ2n) is 7.20. The lowest BCUT2D eigenvalue weighted by atomic mass is 10.5. The van der Waals surface area contributed by atoms with Crippen molar-refractivity contribution in [3.8, 4) is 0 Å². The van der Waals surface area contributed by atoms with Crippen molar-refractivity contribution in [1.29, 1.82) is 0 Å². The fourth-order valence-corrected chi connectivity index (χ4v) is 3.33. The van der Waals surface area contributed by atoms with Crippen molar-refractivity contribution in [2.75, 3.05) is 0 Å². The maximum absolute atomic E-state index is 11.9. The largest absolute Gasteiger partial charge is 0.367 e. The van der Waals surface area contributed by atoms with E-state index < -0.39 is 28.8 Å². The van der Waals surface area contributed by atoms with Crippen molar-refractivity contribution in [2.45, 2.75) is 19.4 Å². The lowest BCUT2D eigenvalue weighted by Crippen LogP contribution is -2.37. The van der Waals surface area contributed by atoms with Crippen LogP contribution in [-0.2, 0) is 46.1 Å². The monoisotopic (exact) mass is 462 g/mol. The maximum atomic E-state index is 11.9. The minimum absolute atomic E-state index is 0.0456. The van der Waals surface area contributed by atoms with Gasteiger partial charge in [-0.3, -0.25) is 27.9 Å². The van der Waals surface area contributed by atoms with Crippen molar-refractivity contribution in [1.82, 2.24) is 37.4 Å². The van der Waals surface area contributed by atoms with Crippen molar-refractivity contribution in [3.05, 3.63) is 54.3 Å². The summed E-state index contributed by atoms with van der Waals surface area (Å²) in [5, 5.41) is 17.8. The van der Waals surface area contributed by atoms with Crippen LogP contribution in [0.5, 0.6) is 0 Å². The van der Waals surface area contributed by atoms with Gasteiger partial charge < -0.3 is 24.1 Å². The minimum atomic E-state index is -1.59. The molecule has 0 saturated carbocycles. The predicted molar refractivity (Wildman–Crippen MR) is 115 cm³/mol. The zero-order valence-electron chi connectivity index (χ0n) is 18.2. The highest BCUT2D eigenvalue weighted by Crippen LogP contribution is 2.06. The third kappa shape index (κ3) is 3.94. The molecule has 2 N–H and O–H groups in total. The van der Waals surface area contributed by atoms with Crippen LogP contribution >= 0.6 is 0 Å². The first kappa shape index (κ1) is 23.6. The van der Waals surface area contributed by atoms with Crippen LogP contribution in [0.15, 0.2) is 31.8 Å². The third-order valence-electron chi connectivity index (χ3n) is 5.07. The molecule has 0 spiro atoms. The molecule has 176 valence electrons. The van der Waals surface area contributed by atoms with E-state index in [-0.39, 0.29) is 35.4 Å². The number of hydrogen-bond donors (Lipinski definition) is 2. The van der Waals surface area contributed by atoms with Gasteiger partial charge in [-0.2, -0.15) is 0 Å². The van der Waals surface area contributed by atoms with E-state index in [2.05, 4.69) is 9.97 Å². The van der Waals surface area contributed by atoms with E-state index in [1.165, 1.54) is 59.1 Å². The number of aliphatic hydroxyl groups excluding tert-OH is 1. The van der Waals surface area contributed by atoms with Gasteiger partial charge in [0, 0.05) is 28.2 Å². The fourth-order valence-electron chi connectivity index (χ4n) is 3.33. The number of imidazole rings is 2. The Hall–Kier alpha value is -4.11. The number of nitrogens with zero attached hydrogens (tertiary/aromatic N) is 8. The van der Waals surface area contributed by atoms with Crippen molar-refractivity contribution >= 4 is 28.6 Å². The van der Waals surface area contributed by atoms with E-state index in [1.54, 1.807) is 0 Å². The molecular formula is C18H22N8O7. The number of fused-ring (bicyclic) bond motifs is 2. The number of aliphatic hydroxyl groups is 2. The molecule has 4 rings (SSSR count). The van der Waals surface area contributed by atoms with E-state index in [1.807, 2.05) is 0 Å². The Bertz CT molecular complexity index is 1600. The first-order chi connectivity index (χ1) is 15.5. The molecule has 0 aromatic carbocycles. The van der Waals surface area contributed by atoms with Crippen LogP contribution in [0, 0.1) is 0 Å². The van der Waals surface area contributed by atoms with Crippen LogP contribution in [0.2, 0.25) is 0 Å². The molecule has 4 aromatic rings. The van der Waals surface area contributed by atoms with Gasteiger partial charge in [0.1, 0.15) is 6.29 Å². The SMILES string of the molecule is Cn1c(=O)c2c(ncn2CC(O)O)n(C)c1=O.Cn1c(=O)c2c(ncn2CC=O)n(C)c1=O. The van der Waals surface area contributed by atoms with E-state index in [0.717, 1.165) is 9.13 Å². The summed E-state index contributed by atoms with van der Waals surface area (Å²) < 4.78 is 7.18. The summed E-state index contributed by atoms with van der Waals surface area (Å²) in [7, 11) is 5.78. The Morgan fingerprint density at radius 2 is 1.21 bits per heavy atom. The lowest BCUT2D eigenvalue weighted by Gasteiger charge is -2.07. The quantitative estimate of drug-likeness (QED) is 0.228. The van der Waals surface area contributed by atoms with Gasteiger partial charge in [0.2, 0.25) is 0 Å². The van der Waals surface area contributed by atoms with Gasteiger partial charge in [-0.25, -0.2) is 19.6 Å². The Kier molecular flexibility index (Phi) is 6.28. The zero-order chi connectivity index (χ0) is 24.6. The summed E-state index contributed by atoms with van der Waals surface area (Å²) in [6.45, 7) is -0.131. The van der Waals surface area contributed by atoms with Crippen LogP contribution in [0.3, 0.4) is 0 Å². The van der Waals surface area contributed by atoms with Gasteiger partial charge in [0.05, 0.1) is 25.7 Å². The Morgan fingerprint density at radius 1 is 0.788 bits per heavy atom. The molecule has 0 unspecified atom stereocenters. The van der Waals surface area contributed by atoms with Gasteiger partial charge in [-0.1, -0.05) is 0 Å². The van der Waals surface area contributed by atoms with Crippen molar-refractivity contribution in [3.63, 3.8) is 0 Å². The molecule has 0 atom stereocenters. The van der Waals surface area contributed by atoms with Gasteiger partial charge in [-0.05, 0) is 0 Å². The highest BCUT2D eigenvalue weighted by molar-refractivity contribution is 5.71. The molecule has 0 aliphatic heterocycles. The number of aromatic nitrogens is 8. The standard InChI is InChI=1S/C9H12N4O4.C9H10N4O3/c1-11-7-6(8(16)12(2)9(11)17)13(4-10-7)3-5(14)15;1-11-7-6(8(15)12(2)9(11)16)13(3-4-14)5-10-7/h4-5,14-15H,3H2,1-2H3;4-5H,3H2,1-2H3. The molecule has 4 heterocycles. The predicted octanol–water partition coefficient (Wildman–Crippen LogP) is -3.62. The molecule has 15 heteroatoms. The molecule has 0 amide bonds. The van der Waals surface area contributed by atoms with Crippen LogP contribution in [0.25, 0.3) is 22.3 Å². The Morgan fingerprint density at radius 3 is 1.64 bits per heavy atom. The molecule has 0 bridgehead atoms. The molecule has 0 aliphatic rings. The second-order valence-corrected chi connectivity index (χ2v) is 7.20. The summed E-state index contributed by atoms with van der Waals surface area (Å²) in [5.41, 5.74) is -0.932. The summed E-state index contributed by atoms with van der Waals surface area (Å²) in [4.78, 5) is 65.2. The molecule has 15 nitrogen and oxygen atoms in total. The lowest BCUT2D eigenvalue weighted by molar-refractivity contribution is -0.108. The second kappa shape index (κ2) is 8.79. The summed E-state index contributed by atoms with van der Waals surface area (Å²) in [6, 6.07) is 0. The highest BCUT2D eigenvalue weighted by atomic mass is 16.5. The summed E-state index contributed by atoms with van der Waals surface area (Å²) >= 11 is 0. The molecule has 0 aliphatic carbocycles. The summed E-state index contributed by atoms with van der Waals surface area (Å²) in [6.07, 6.45) is 1.76. The number of hydrogen-bond acceptors (Lipinski definition) is 9. The number of carbonyl (C=O) groups excluding carboxylic acids is 1. The molecule has 0 saturated heterocycles. The van der Waals surface area contributed by atoms with Crippen LogP contribution < -0.4 is 22.5 Å². The Labute approximate surface area is 183 Å². The van der Waals surface area contributed by atoms with Crippen LogP contribution in [0.1, 0.15) is 0 Å². The van der Waals surface area contributed by atoms with E-state index in [0.29, 0.717) is 6.29 Å². The molecule has 0 fully saturated rings. The highest BCUT2D eigenvalue weighted by Gasteiger charge is 2.15. The number of aryl methyl sites for hydroxylation is 2. The van der Waals surface area contributed by atoms with Crippen molar-refractivity contribution < 1.29 is 15.0 Å². The fraction of sp³-hybridized carbons (Fsp3) is 0.389. The van der Waals surface area contributed by atoms with Crippen LogP contribution in [0.4, 0.5) is 0 Å². The first-order valence-corrected chi connectivity index (χ1v) is 9.52. The van der Waals surface area contributed by atoms with Gasteiger partial charge in [-0.15, -0.1) is 0 Å². The van der Waals surface area contributed by atoms with Crippen LogP contribution in [-0.4, -0.2) is 60.2 Å². The summed E-state index contributed by atoms with van der Waals surface area (Å²) in [5.74, 6) is 0. The zero-order valence-corrected chi connectivity index (χ0v) is 18.2. The molecule has 0 radical (unpaired) electrons. The number of carbonyl (C=O) groups is 1. The van der Waals surface area contributed by atoms with E-state index >= 15 is 0 Å². The number of aldehydes is 1. The molecular weight excluding hydrogens is 440 g/mol. The number of rotatable bonds is 4. The minimum Gasteiger partial charge on any atom is -0.367 e. The van der Waals surface area contributed by atoms with Crippen molar-refractivity contribution in [2.24, 2.45) is 28.2 Å². The third-order valence-corrected chi connectivity index (χ3v) is 5.07. The van der Waals surface area contributed by atoms with Gasteiger partial charge in [0.15, 0.2) is 28.6 Å². The molecule has 4 aromatic heterocycles. The maximum Gasteiger partial charge on any atom is 0.332 e. The average Bonchev–Trinajstić information content (AvgIpc) is 3.38. The van der Waals surface area contributed by atoms with Gasteiger partial charge in [0.25, 0.3) is 11.1 Å². The van der Waals surface area contributed by atoms with E-state index in [9.17, 15) is 24.0 Å². The van der Waals surface area contributed by atoms with Gasteiger partial charge >= 0.3 is 11.4 Å². The molecule has 33 heavy (non-hydrogen) atoms. The Balaban J connectivity index is 0.000000186. The first-order valence-electron chi connectivity index (χ1n) is 9.52. The normalized spacial score (nSPS) is 11.2. The smallest absolute Gasteiger partial charge is 0.332 e. The topological polar surface area (TPSA) is 181 Å². The average molecular weight is 462 g/mol. The van der Waals surface area contributed by atoms with E-state index in [4.69, 9.17) is 10.2 Å².